The number of rotatable bonds is 7. The molecule has 5 aliphatic rings. The monoisotopic (exact) mass is 857 g/mol. The van der Waals surface area contributed by atoms with Gasteiger partial charge in [-0.1, -0.05) is 44.2 Å². The van der Waals surface area contributed by atoms with Crippen LogP contribution in [0.25, 0.3) is 44.5 Å². The molecule has 4 heterocycles. The number of fused-ring (bicyclic) bond motifs is 6. The molecule has 3 aliphatic carbocycles. The van der Waals surface area contributed by atoms with Crippen LogP contribution in [0.3, 0.4) is 0 Å². The van der Waals surface area contributed by atoms with Gasteiger partial charge in [0.25, 0.3) is 5.92 Å². The number of alkyl carbamates (subject to hydrolysis) is 1. The van der Waals surface area contributed by atoms with E-state index < -0.39 is 18.1 Å². The first-order chi connectivity index (χ1) is 26.4. The number of amides is 2. The number of carbonyl (C=O) groups excluding carboxylic acids is 2. The Labute approximate surface area is 331 Å². The molecule has 284 valence electrons. The lowest BCUT2D eigenvalue weighted by atomic mass is 9.95. The molecule has 10 rings (SSSR count). The molecule has 2 saturated carbocycles. The Morgan fingerprint density at radius 2 is 1.67 bits per heavy atom. The second-order valence-corrected chi connectivity index (χ2v) is 17.9. The van der Waals surface area contributed by atoms with Gasteiger partial charge in [-0.05, 0) is 102 Å². The molecule has 13 heteroatoms. The number of piperidine rings is 1. The van der Waals surface area contributed by atoms with Gasteiger partial charge in [-0.25, -0.2) is 17.9 Å². The number of H-pyrrole nitrogens is 2. The number of methoxy groups -OCH3 is 1. The first-order valence-electron chi connectivity index (χ1n) is 19.2. The number of nitrogens with zero attached hydrogens (tertiary/aromatic N) is 4. The molecule has 2 saturated heterocycles. The number of hydrogen-bond acceptors (Lipinski definition) is 6. The van der Waals surface area contributed by atoms with Crippen molar-refractivity contribution in [3.05, 3.63) is 83.6 Å². The Kier molecular flexibility index (Phi) is 8.02. The minimum atomic E-state index is -3.18. The fraction of sp³-hybridized carbons (Fsp3) is 0.429. The van der Waals surface area contributed by atoms with Crippen molar-refractivity contribution in [1.29, 1.82) is 0 Å². The van der Waals surface area contributed by atoms with E-state index in [9.17, 15) is 9.59 Å². The van der Waals surface area contributed by atoms with Gasteiger partial charge < -0.3 is 24.9 Å². The van der Waals surface area contributed by atoms with Gasteiger partial charge in [0, 0.05) is 52.1 Å². The van der Waals surface area contributed by atoms with E-state index in [-0.39, 0.29) is 47.0 Å². The van der Waals surface area contributed by atoms with Crippen LogP contribution in [0.5, 0.6) is 0 Å². The fourth-order valence-corrected chi connectivity index (χ4v) is 11.0. The molecule has 3 aromatic carbocycles. The summed E-state index contributed by atoms with van der Waals surface area (Å²) in [5.41, 5.74) is 5.91. The molecule has 2 bridgehead atoms. The Morgan fingerprint density at radius 3 is 2.38 bits per heavy atom. The number of nitrogens with one attached hydrogen (secondary N) is 3. The number of halogens is 3. The van der Waals surface area contributed by atoms with Crippen LogP contribution in [-0.2, 0) is 15.5 Å². The number of aromatic nitrogens is 4. The van der Waals surface area contributed by atoms with Gasteiger partial charge in [0.15, 0.2) is 0 Å². The van der Waals surface area contributed by atoms with E-state index in [1.54, 1.807) is 30.5 Å². The van der Waals surface area contributed by atoms with Gasteiger partial charge in [-0.3, -0.25) is 4.79 Å². The summed E-state index contributed by atoms with van der Waals surface area (Å²) in [4.78, 5) is 44.7. The highest BCUT2D eigenvalue weighted by Gasteiger charge is 2.53. The summed E-state index contributed by atoms with van der Waals surface area (Å²) in [6.07, 6.45) is 7.53. The van der Waals surface area contributed by atoms with Crippen molar-refractivity contribution in [2.75, 3.05) is 13.7 Å². The molecule has 10 nitrogen and oxygen atoms in total. The maximum Gasteiger partial charge on any atom is 0.407 e. The molecule has 2 aromatic heterocycles. The third-order valence-corrected chi connectivity index (χ3v) is 14.0. The zero-order valence-electron chi connectivity index (χ0n) is 30.8. The summed E-state index contributed by atoms with van der Waals surface area (Å²) in [6, 6.07) is 15.7. The van der Waals surface area contributed by atoms with Crippen LogP contribution in [-0.4, -0.2) is 65.7 Å². The summed E-state index contributed by atoms with van der Waals surface area (Å²) in [5.74, 6) is -1.61. The normalized spacial score (nSPS) is 24.8. The van der Waals surface area contributed by atoms with E-state index in [4.69, 9.17) is 14.7 Å². The fourth-order valence-electron chi connectivity index (χ4n) is 9.86. The van der Waals surface area contributed by atoms with E-state index in [1.807, 2.05) is 49.1 Å². The molecule has 5 aromatic rings. The summed E-state index contributed by atoms with van der Waals surface area (Å²) < 4.78 is 40.0. The van der Waals surface area contributed by atoms with Crippen molar-refractivity contribution >= 4 is 45.9 Å². The lowest BCUT2D eigenvalue weighted by Gasteiger charge is -2.37. The van der Waals surface area contributed by atoms with Crippen LogP contribution in [0.2, 0.25) is 0 Å². The maximum atomic E-state index is 16.4. The van der Waals surface area contributed by atoms with Gasteiger partial charge in [0.2, 0.25) is 5.91 Å². The molecule has 2 amide bonds. The number of hydrogen-bond donors (Lipinski definition) is 3. The number of carbonyl (C=O) groups is 2. The summed E-state index contributed by atoms with van der Waals surface area (Å²) >= 11 is 2.39. The van der Waals surface area contributed by atoms with Gasteiger partial charge in [-0.2, -0.15) is 8.78 Å². The Hall–Kier alpha value is -4.37. The molecule has 0 unspecified atom stereocenters. The number of benzene rings is 3. The van der Waals surface area contributed by atoms with E-state index >= 15 is 8.78 Å². The highest BCUT2D eigenvalue weighted by Crippen LogP contribution is 2.59. The zero-order valence-corrected chi connectivity index (χ0v) is 33.0. The molecular weight excluding hydrogens is 815 g/mol. The van der Waals surface area contributed by atoms with Crippen molar-refractivity contribution in [1.82, 2.24) is 33.3 Å². The zero-order chi connectivity index (χ0) is 38.0. The molecule has 2 aliphatic heterocycles. The summed E-state index contributed by atoms with van der Waals surface area (Å²) in [6.45, 7) is 4.88. The number of alkyl halides is 2. The lowest BCUT2D eigenvalue weighted by Crippen LogP contribution is -2.54. The largest absolute Gasteiger partial charge is 0.453 e. The van der Waals surface area contributed by atoms with Crippen LogP contribution >= 0.6 is 22.9 Å². The second kappa shape index (κ2) is 12.6. The van der Waals surface area contributed by atoms with E-state index in [0.29, 0.717) is 33.5 Å². The third kappa shape index (κ3) is 5.61. The van der Waals surface area contributed by atoms with Crippen LogP contribution in [0, 0.1) is 17.3 Å². The van der Waals surface area contributed by atoms with Crippen LogP contribution in [0.4, 0.5) is 13.6 Å². The Balaban J connectivity index is 0.921. The second-order valence-electron chi connectivity index (χ2n) is 16.7. The minimum Gasteiger partial charge on any atom is -0.453 e. The van der Waals surface area contributed by atoms with Crippen LogP contribution in [0.15, 0.2) is 60.8 Å². The van der Waals surface area contributed by atoms with E-state index in [0.717, 1.165) is 60.3 Å². The van der Waals surface area contributed by atoms with Crippen molar-refractivity contribution in [3.63, 3.8) is 0 Å². The quantitative estimate of drug-likeness (QED) is 0.111. The van der Waals surface area contributed by atoms with Crippen LogP contribution < -0.4 is 5.32 Å². The molecule has 4 fully saturated rings. The third-order valence-electron chi connectivity index (χ3n) is 13.0. The van der Waals surface area contributed by atoms with E-state index in [2.05, 4.69) is 41.3 Å². The average Bonchev–Trinajstić information content (AvgIpc) is 3.82. The minimum absolute atomic E-state index is 0.00161. The standard InChI is InChI=1S/C42H42F2IN7O3/c1-21(2)35(50-40(54)55-3)39(53)52-26-8-4-25(14-26)36(52)38-47-31-11-7-23(17-32(31)48-38)22-5-9-27-28-10-6-24(16-30(28)42(43,44)29(27)15-22)33-19-46-37(49-33)34-18-41(12-13-41)20-51(34)45/h5-7,9-11,15-17,19,21,25-26,34-36H,4,8,12-14,18,20H2,1-3H3,(H,46,49)(H,47,48)(H,50,54)/t25-,26+,34-,35-,36-/m0/s1. The van der Waals surface area contributed by atoms with Crippen molar-refractivity contribution in [2.45, 2.75) is 82.5 Å². The Bertz CT molecular complexity index is 2390. The van der Waals surface area contributed by atoms with Crippen molar-refractivity contribution < 1.29 is 23.1 Å². The first-order valence-corrected chi connectivity index (χ1v) is 20.2. The van der Waals surface area contributed by atoms with Gasteiger partial charge >= 0.3 is 6.09 Å². The number of aromatic amines is 2. The van der Waals surface area contributed by atoms with E-state index in [1.165, 1.54) is 20.0 Å². The van der Waals surface area contributed by atoms with Gasteiger partial charge in [0.05, 0.1) is 42.1 Å². The molecule has 1 spiro atoms. The number of likely N-dealkylation sites (tertiary alicyclic amines) is 1. The number of imidazole rings is 2. The molecule has 3 N–H and O–H groups in total. The molecular formula is C42H42F2IN7O3. The topological polar surface area (TPSA) is 119 Å². The van der Waals surface area contributed by atoms with Crippen molar-refractivity contribution in [2.24, 2.45) is 17.3 Å². The smallest absolute Gasteiger partial charge is 0.407 e. The molecule has 0 radical (unpaired) electrons. The predicted molar refractivity (Wildman–Crippen MR) is 212 cm³/mol. The summed E-state index contributed by atoms with van der Waals surface area (Å²) in [7, 11) is 1.29. The summed E-state index contributed by atoms with van der Waals surface area (Å²) in [5, 5.41) is 2.74. The van der Waals surface area contributed by atoms with Crippen molar-refractivity contribution in [3.8, 4) is 33.5 Å². The van der Waals surface area contributed by atoms with Gasteiger partial charge in [-0.15, -0.1) is 0 Å². The first kappa shape index (κ1) is 35.1. The molecule has 5 atom stereocenters. The highest BCUT2D eigenvalue weighted by atomic mass is 127. The SMILES string of the molecule is COC(=O)N[C@H](C(=O)N1[C@@H]2CC[C@@H](C2)[C@H]1c1nc2ccc(-c3ccc4c(c3)C(F)(F)c3cc(-c5cnc([C@@H]6CC7(CC7)CN6I)[nH]5)ccc3-4)cc2[nH]1)C(C)C. The predicted octanol–water partition coefficient (Wildman–Crippen LogP) is 9.05. The molecule has 55 heavy (non-hydrogen) atoms. The van der Waals surface area contributed by atoms with Gasteiger partial charge in [0.1, 0.15) is 17.7 Å². The number of ether oxygens (including phenoxy) is 1. The maximum absolute atomic E-state index is 16.4. The Morgan fingerprint density at radius 1 is 0.964 bits per heavy atom. The highest BCUT2D eigenvalue weighted by molar-refractivity contribution is 14.1. The average molecular weight is 858 g/mol. The lowest BCUT2D eigenvalue weighted by molar-refractivity contribution is -0.139. The van der Waals surface area contributed by atoms with Crippen LogP contribution in [0.1, 0.15) is 87.2 Å².